The molecule has 1 aliphatic carbocycles. The summed E-state index contributed by atoms with van der Waals surface area (Å²) in [6.45, 7) is -0.378. The van der Waals surface area contributed by atoms with Gasteiger partial charge in [-0.15, -0.1) is 11.3 Å². The molecule has 0 saturated carbocycles. The number of halogens is 3. The molecule has 3 aromatic rings. The van der Waals surface area contributed by atoms with Gasteiger partial charge in [-0.25, -0.2) is 0 Å². The number of anilines is 1. The standard InChI is InChI=1S/C23H21F3N2O3S/c24-23(25,26)17-8-2-3-9-18(17)27-21(29)14-28(13-16-7-5-11-31-16)22(30)20-12-15-6-1-4-10-19(15)32-20/h2-3,5,7-9,11-12H,1,4,6,10,13-14H2,(H,27,29). The molecule has 1 aliphatic rings. The lowest BCUT2D eigenvalue weighted by molar-refractivity contribution is -0.137. The Kier molecular flexibility index (Phi) is 6.36. The second-order valence-electron chi connectivity index (χ2n) is 7.60. The van der Waals surface area contributed by atoms with Crippen LogP contribution in [0.4, 0.5) is 18.9 Å². The summed E-state index contributed by atoms with van der Waals surface area (Å²) in [6, 6.07) is 9.96. The van der Waals surface area contributed by atoms with Crippen molar-refractivity contribution in [1.82, 2.24) is 4.90 Å². The smallest absolute Gasteiger partial charge is 0.418 e. The van der Waals surface area contributed by atoms with E-state index < -0.39 is 24.2 Å². The molecule has 0 bridgehead atoms. The van der Waals surface area contributed by atoms with Gasteiger partial charge in [0.05, 0.1) is 28.9 Å². The Balaban J connectivity index is 1.54. The van der Waals surface area contributed by atoms with Crippen LogP contribution < -0.4 is 5.32 Å². The zero-order valence-corrected chi connectivity index (χ0v) is 17.9. The highest BCUT2D eigenvalue weighted by molar-refractivity contribution is 7.14. The SMILES string of the molecule is O=C(CN(Cc1ccco1)C(=O)c1cc2c(s1)CCCC2)Nc1ccccc1C(F)(F)F. The number of furan rings is 1. The number of nitrogens with zero attached hydrogens (tertiary/aromatic N) is 1. The van der Waals surface area contributed by atoms with Crippen molar-refractivity contribution >= 4 is 28.8 Å². The molecule has 32 heavy (non-hydrogen) atoms. The summed E-state index contributed by atoms with van der Waals surface area (Å²) < 4.78 is 45.1. The molecule has 0 atom stereocenters. The van der Waals surface area contributed by atoms with Crippen molar-refractivity contribution in [2.45, 2.75) is 38.4 Å². The quantitative estimate of drug-likeness (QED) is 0.525. The summed E-state index contributed by atoms with van der Waals surface area (Å²) in [5, 5.41) is 2.30. The van der Waals surface area contributed by atoms with Gasteiger partial charge in [0, 0.05) is 4.88 Å². The van der Waals surface area contributed by atoms with E-state index in [1.54, 1.807) is 12.1 Å². The van der Waals surface area contributed by atoms with Crippen LogP contribution in [0.5, 0.6) is 0 Å². The van der Waals surface area contributed by atoms with Gasteiger partial charge < -0.3 is 14.6 Å². The van der Waals surface area contributed by atoms with E-state index in [0.717, 1.165) is 37.3 Å². The van der Waals surface area contributed by atoms with Crippen LogP contribution in [0, 0.1) is 0 Å². The number of rotatable bonds is 6. The molecule has 4 rings (SSSR count). The lowest BCUT2D eigenvalue weighted by atomic mass is 9.99. The van der Waals surface area contributed by atoms with Crippen LogP contribution in [0.15, 0.2) is 53.1 Å². The Hall–Kier alpha value is -3.07. The van der Waals surface area contributed by atoms with Crippen LogP contribution in [0.3, 0.4) is 0 Å². The van der Waals surface area contributed by atoms with E-state index in [2.05, 4.69) is 5.32 Å². The summed E-state index contributed by atoms with van der Waals surface area (Å²) in [7, 11) is 0. The predicted octanol–water partition coefficient (Wildman–Crippen LogP) is 5.52. The fourth-order valence-electron chi connectivity index (χ4n) is 3.74. The predicted molar refractivity (Wildman–Crippen MR) is 114 cm³/mol. The van der Waals surface area contributed by atoms with Crippen molar-refractivity contribution in [3.05, 3.63) is 75.4 Å². The van der Waals surface area contributed by atoms with Gasteiger partial charge in [0.1, 0.15) is 12.3 Å². The van der Waals surface area contributed by atoms with Gasteiger partial charge in [-0.2, -0.15) is 13.2 Å². The number of carbonyl (C=O) groups excluding carboxylic acids is 2. The van der Waals surface area contributed by atoms with Crippen molar-refractivity contribution in [2.24, 2.45) is 0 Å². The minimum Gasteiger partial charge on any atom is -0.467 e. The van der Waals surface area contributed by atoms with E-state index in [4.69, 9.17) is 4.42 Å². The molecule has 2 amide bonds. The number of alkyl halides is 3. The van der Waals surface area contributed by atoms with Crippen molar-refractivity contribution in [2.75, 3.05) is 11.9 Å². The Bertz CT molecular complexity index is 1080. The van der Waals surface area contributed by atoms with E-state index >= 15 is 0 Å². The lowest BCUT2D eigenvalue weighted by Gasteiger charge is -2.21. The summed E-state index contributed by atoms with van der Waals surface area (Å²) in [4.78, 5) is 28.9. The normalized spacial score (nSPS) is 13.5. The monoisotopic (exact) mass is 462 g/mol. The van der Waals surface area contributed by atoms with Gasteiger partial charge in [-0.1, -0.05) is 12.1 Å². The molecule has 1 aromatic carbocycles. The number of hydrogen-bond donors (Lipinski definition) is 1. The van der Waals surface area contributed by atoms with E-state index in [9.17, 15) is 22.8 Å². The first-order valence-electron chi connectivity index (χ1n) is 10.2. The zero-order chi connectivity index (χ0) is 22.7. The Labute approximate surface area is 186 Å². The molecule has 2 heterocycles. The maximum atomic E-state index is 13.2. The molecule has 0 radical (unpaired) electrons. The number of carbonyl (C=O) groups is 2. The number of aryl methyl sites for hydroxylation is 2. The summed E-state index contributed by atoms with van der Waals surface area (Å²) in [5.41, 5.74) is -0.128. The van der Waals surface area contributed by atoms with Crippen molar-refractivity contribution in [3.63, 3.8) is 0 Å². The fraction of sp³-hybridized carbons (Fsp3) is 0.304. The van der Waals surface area contributed by atoms with Gasteiger partial charge in [-0.05, 0) is 61.6 Å². The maximum absolute atomic E-state index is 13.2. The average Bonchev–Trinajstić information content (AvgIpc) is 3.42. The van der Waals surface area contributed by atoms with Gasteiger partial charge >= 0.3 is 6.18 Å². The van der Waals surface area contributed by atoms with Crippen molar-refractivity contribution in [3.8, 4) is 0 Å². The number of thiophene rings is 1. The largest absolute Gasteiger partial charge is 0.467 e. The highest BCUT2D eigenvalue weighted by atomic mass is 32.1. The number of hydrogen-bond acceptors (Lipinski definition) is 4. The van der Waals surface area contributed by atoms with Crippen molar-refractivity contribution in [1.29, 1.82) is 0 Å². The molecule has 1 N–H and O–H groups in total. The molecule has 0 unspecified atom stereocenters. The second kappa shape index (κ2) is 9.20. The second-order valence-corrected chi connectivity index (χ2v) is 8.74. The van der Waals surface area contributed by atoms with Crippen LogP contribution in [0.2, 0.25) is 0 Å². The minimum absolute atomic E-state index is 0.0305. The number of nitrogens with one attached hydrogen (secondary N) is 1. The molecule has 0 spiro atoms. The van der Waals surface area contributed by atoms with E-state index in [-0.39, 0.29) is 18.1 Å². The highest BCUT2D eigenvalue weighted by Crippen LogP contribution is 2.34. The third-order valence-corrected chi connectivity index (χ3v) is 6.49. The fourth-order valence-corrected chi connectivity index (χ4v) is 4.97. The maximum Gasteiger partial charge on any atom is 0.418 e. The lowest BCUT2D eigenvalue weighted by Crippen LogP contribution is -2.37. The molecule has 168 valence electrons. The van der Waals surface area contributed by atoms with Crippen LogP contribution in [0.1, 0.15) is 44.3 Å². The van der Waals surface area contributed by atoms with Gasteiger partial charge in [-0.3, -0.25) is 9.59 Å². The Morgan fingerprint density at radius 3 is 2.59 bits per heavy atom. The first-order chi connectivity index (χ1) is 15.3. The number of amides is 2. The topological polar surface area (TPSA) is 62.6 Å². The Morgan fingerprint density at radius 1 is 1.09 bits per heavy atom. The van der Waals surface area contributed by atoms with Crippen LogP contribution in [-0.4, -0.2) is 23.3 Å². The molecule has 0 saturated heterocycles. The van der Waals surface area contributed by atoms with E-state index in [1.807, 2.05) is 6.07 Å². The summed E-state index contributed by atoms with van der Waals surface area (Å²) in [5.74, 6) is -0.592. The van der Waals surface area contributed by atoms with E-state index in [0.29, 0.717) is 10.6 Å². The number of para-hydroxylation sites is 1. The molecular formula is C23H21F3N2O3S. The molecule has 0 fully saturated rings. The van der Waals surface area contributed by atoms with Gasteiger partial charge in [0.25, 0.3) is 5.91 Å². The summed E-state index contributed by atoms with van der Waals surface area (Å²) >= 11 is 1.42. The molecule has 9 heteroatoms. The highest BCUT2D eigenvalue weighted by Gasteiger charge is 2.34. The van der Waals surface area contributed by atoms with Crippen LogP contribution in [0.25, 0.3) is 0 Å². The van der Waals surface area contributed by atoms with Crippen LogP contribution >= 0.6 is 11.3 Å². The third kappa shape index (κ3) is 5.04. The van der Waals surface area contributed by atoms with E-state index in [1.165, 1.54) is 45.6 Å². The first kappa shape index (κ1) is 22.1. The van der Waals surface area contributed by atoms with Crippen LogP contribution in [-0.2, 0) is 30.4 Å². The van der Waals surface area contributed by atoms with Gasteiger partial charge in [0.2, 0.25) is 5.91 Å². The molecule has 2 aromatic heterocycles. The van der Waals surface area contributed by atoms with Crippen molar-refractivity contribution < 1.29 is 27.2 Å². The van der Waals surface area contributed by atoms with Gasteiger partial charge in [0.15, 0.2) is 0 Å². The molecule has 5 nitrogen and oxygen atoms in total. The number of benzene rings is 1. The summed E-state index contributed by atoms with van der Waals surface area (Å²) in [6.07, 6.45) is 0.865. The number of fused-ring (bicyclic) bond motifs is 1. The third-order valence-electron chi connectivity index (χ3n) is 5.26. The average molecular weight is 462 g/mol. The zero-order valence-electron chi connectivity index (χ0n) is 17.1. The molecule has 0 aliphatic heterocycles. The minimum atomic E-state index is -4.61. The first-order valence-corrected chi connectivity index (χ1v) is 11.0. The molecular weight excluding hydrogens is 441 g/mol. The Morgan fingerprint density at radius 2 is 1.88 bits per heavy atom.